The van der Waals surface area contributed by atoms with Gasteiger partial charge in [0.1, 0.15) is 0 Å². The molecule has 7 nitrogen and oxygen atoms in total. The fourth-order valence-corrected chi connectivity index (χ4v) is 4.88. The fraction of sp³-hybridized carbons (Fsp3) is 0.480. The molecule has 9 heteroatoms. The zero-order chi connectivity index (χ0) is 24.5. The molecule has 1 N–H and O–H groups in total. The number of hydrogen-bond donors (Lipinski definition) is 1. The predicted octanol–water partition coefficient (Wildman–Crippen LogP) is 2.80. The average molecular weight is 671 g/mol. The minimum atomic E-state index is -0.636. The van der Waals surface area contributed by atoms with Crippen LogP contribution in [0.1, 0.15) is 34.3 Å². The van der Waals surface area contributed by atoms with E-state index >= 15 is 0 Å². The number of halogens is 1. The number of nitrogens with zero attached hydrogens (tertiary/aromatic N) is 1. The standard InChI is InChI=1S/C25H32AtFN2O5/c1-31-21-12-17-6-10-29(16-18(17)13-22(21)32-2)9-5-4-8-28-25(30)20-14-19(26)15-23(33-3)24(20)34-11-7-27/h12-15H,4-11,16H2,1-3H3,(H,28,30)/i26+1. The van der Waals surface area contributed by atoms with Crippen molar-refractivity contribution in [1.29, 1.82) is 0 Å². The van der Waals surface area contributed by atoms with Crippen LogP contribution in [0.15, 0.2) is 24.3 Å². The van der Waals surface area contributed by atoms with Crippen LogP contribution in [0.3, 0.4) is 0 Å². The number of methoxy groups -OCH3 is 3. The molecule has 0 radical (unpaired) electrons. The zero-order valence-corrected chi connectivity index (χ0v) is 22.9. The van der Waals surface area contributed by atoms with Crippen LogP contribution >= 0.6 is 0 Å². The van der Waals surface area contributed by atoms with Crippen LogP contribution in [-0.2, 0) is 13.0 Å². The number of benzene rings is 2. The van der Waals surface area contributed by atoms with Crippen molar-refractivity contribution < 1.29 is 52.9 Å². The van der Waals surface area contributed by atoms with E-state index in [0.29, 0.717) is 17.9 Å². The number of ether oxygens (including phenoxy) is 4. The molecule has 3 rings (SSSR count). The van der Waals surface area contributed by atoms with E-state index in [1.165, 1.54) is 43.0 Å². The summed E-state index contributed by atoms with van der Waals surface area (Å²) in [6.07, 6.45) is 2.80. The summed E-state index contributed by atoms with van der Waals surface area (Å²) in [5, 5.41) is 2.96. The second kappa shape index (κ2) is 13.1. The topological polar surface area (TPSA) is 69.3 Å². The Morgan fingerprint density at radius 2 is 1.74 bits per heavy atom. The SMILES string of the molecule is COc1cc2c(cc1OC)CN(CCCCNC(=O)c1cc([211At])cc(OC)c1OCCF)CC2. The van der Waals surface area contributed by atoms with Crippen molar-refractivity contribution in [2.75, 3.05) is 54.2 Å². The Hall–Kier alpha value is -2.12. The molecule has 0 aliphatic carbocycles. The monoisotopic (exact) mass is 670 g/mol. The molecule has 1 amide bonds. The van der Waals surface area contributed by atoms with Crippen LogP contribution in [0.4, 0.5) is 4.39 Å². The normalized spacial score (nSPS) is 13.2. The van der Waals surface area contributed by atoms with Crippen molar-refractivity contribution in [3.8, 4) is 23.0 Å². The summed E-state index contributed by atoms with van der Waals surface area (Å²) in [4.78, 5) is 15.2. The van der Waals surface area contributed by atoms with Gasteiger partial charge < -0.3 is 9.47 Å². The molecule has 2 aromatic rings. The van der Waals surface area contributed by atoms with Crippen LogP contribution in [0.5, 0.6) is 23.0 Å². The quantitative estimate of drug-likeness (QED) is 0.351. The van der Waals surface area contributed by atoms with Gasteiger partial charge in [-0.1, -0.05) is 0 Å². The molecular weight excluding hydrogens is 638 g/mol. The van der Waals surface area contributed by atoms with Gasteiger partial charge in [0.05, 0.1) is 14.2 Å². The molecule has 1 heterocycles. The van der Waals surface area contributed by atoms with E-state index in [2.05, 4.69) is 22.3 Å². The van der Waals surface area contributed by atoms with Crippen molar-refractivity contribution in [2.24, 2.45) is 0 Å². The Morgan fingerprint density at radius 3 is 2.41 bits per heavy atom. The van der Waals surface area contributed by atoms with E-state index in [1.54, 1.807) is 26.4 Å². The fourth-order valence-electron chi connectivity index (χ4n) is 4.07. The molecular formula is C25H32AtFN2O5. The molecule has 2 aromatic carbocycles. The average Bonchev–Trinajstić information content (AvgIpc) is 2.85. The molecule has 0 saturated carbocycles. The summed E-state index contributed by atoms with van der Waals surface area (Å²) in [5.74, 6) is 2.03. The van der Waals surface area contributed by atoms with E-state index in [4.69, 9.17) is 18.9 Å². The van der Waals surface area contributed by atoms with Gasteiger partial charge in [-0.3, -0.25) is 0 Å². The van der Waals surface area contributed by atoms with Crippen LogP contribution in [0.25, 0.3) is 0 Å². The van der Waals surface area contributed by atoms with E-state index in [0.717, 1.165) is 53.7 Å². The van der Waals surface area contributed by atoms with E-state index in [-0.39, 0.29) is 18.3 Å². The van der Waals surface area contributed by atoms with E-state index < -0.39 is 6.67 Å². The number of unbranched alkanes of at least 4 members (excludes halogenated alkanes) is 1. The predicted molar refractivity (Wildman–Crippen MR) is 124 cm³/mol. The summed E-state index contributed by atoms with van der Waals surface area (Å²) >= 11 is 1.43. The first-order valence-corrected chi connectivity index (χ1v) is 12.8. The molecule has 0 bridgehead atoms. The van der Waals surface area contributed by atoms with Gasteiger partial charge in [0.2, 0.25) is 0 Å². The Morgan fingerprint density at radius 1 is 1.03 bits per heavy atom. The van der Waals surface area contributed by atoms with Gasteiger partial charge in [-0.25, -0.2) is 0 Å². The number of carbonyl (C=O) groups excluding carboxylic acids is 1. The molecule has 0 atom stereocenters. The summed E-state index contributed by atoms with van der Waals surface area (Å²) in [6.45, 7) is 2.62. The first-order chi connectivity index (χ1) is 16.5. The molecule has 0 unspecified atom stereocenters. The Kier molecular flexibility index (Phi) is 10.2. The van der Waals surface area contributed by atoms with Crippen LogP contribution in [-0.4, -0.2) is 65.1 Å². The number of carbonyl (C=O) groups is 1. The maximum atomic E-state index is 12.8. The van der Waals surface area contributed by atoms with Crippen molar-refractivity contribution in [2.45, 2.75) is 25.8 Å². The summed E-state index contributed by atoms with van der Waals surface area (Å²) in [5.41, 5.74) is 2.96. The molecule has 0 fully saturated rings. The third-order valence-electron chi connectivity index (χ3n) is 5.79. The summed E-state index contributed by atoms with van der Waals surface area (Å²) < 4.78 is 35.2. The van der Waals surface area contributed by atoms with Gasteiger partial charge in [0.25, 0.3) is 0 Å². The van der Waals surface area contributed by atoms with Gasteiger partial charge in [-0.15, -0.1) is 0 Å². The number of hydrogen-bond acceptors (Lipinski definition) is 6. The molecule has 0 aromatic heterocycles. The molecule has 186 valence electrons. The zero-order valence-electron chi connectivity index (χ0n) is 19.9. The van der Waals surface area contributed by atoms with Crippen molar-refractivity contribution in [3.63, 3.8) is 0 Å². The number of nitrogens with one attached hydrogen (secondary N) is 1. The number of fused-ring (bicyclic) bond motifs is 1. The van der Waals surface area contributed by atoms with Crippen molar-refractivity contribution >= 4 is 9.18 Å². The van der Waals surface area contributed by atoms with Crippen molar-refractivity contribution in [3.05, 3.63) is 41.0 Å². The van der Waals surface area contributed by atoms with Crippen molar-refractivity contribution in [1.82, 2.24) is 10.2 Å². The first-order valence-electron chi connectivity index (χ1n) is 11.3. The van der Waals surface area contributed by atoms with Gasteiger partial charge in [0, 0.05) is 0 Å². The van der Waals surface area contributed by atoms with Gasteiger partial charge in [-0.2, -0.15) is 0 Å². The van der Waals surface area contributed by atoms with E-state index in [1.807, 2.05) is 0 Å². The van der Waals surface area contributed by atoms with Crippen LogP contribution in [0.2, 0.25) is 0 Å². The molecule has 34 heavy (non-hydrogen) atoms. The number of rotatable bonds is 12. The third kappa shape index (κ3) is 6.73. The minimum absolute atomic E-state index is 0.123. The van der Waals surface area contributed by atoms with Crippen LogP contribution in [0, 0.1) is 24.7 Å². The van der Waals surface area contributed by atoms with Crippen LogP contribution < -0.4 is 27.5 Å². The molecule has 1 aliphatic heterocycles. The summed E-state index contributed by atoms with van der Waals surface area (Å²) in [7, 11) is 4.83. The Balaban J connectivity index is 1.49. The number of alkyl halides is 1. The summed E-state index contributed by atoms with van der Waals surface area (Å²) in [6, 6.07) is 7.70. The second-order valence-corrected chi connectivity index (χ2v) is 9.68. The molecule has 1 aliphatic rings. The molecule has 0 saturated heterocycles. The van der Waals surface area contributed by atoms with E-state index in [9.17, 15) is 9.18 Å². The third-order valence-corrected chi connectivity index (χ3v) is 6.64. The van der Waals surface area contributed by atoms with Gasteiger partial charge in [0.15, 0.2) is 11.5 Å². The maximum absolute atomic E-state index is 12.8. The first kappa shape index (κ1) is 26.5. The Bertz CT molecular complexity index is 988. The number of amides is 1. The van der Waals surface area contributed by atoms with Gasteiger partial charge in [-0.05, 0) is 17.7 Å². The second-order valence-electron chi connectivity index (χ2n) is 7.99. The molecule has 0 spiro atoms. The Labute approximate surface area is 215 Å². The van der Waals surface area contributed by atoms with Gasteiger partial charge >= 0.3 is 163 Å².